The van der Waals surface area contributed by atoms with E-state index in [0.717, 1.165) is 6.42 Å². The lowest BCUT2D eigenvalue weighted by Gasteiger charge is -2.15. The first-order chi connectivity index (χ1) is 21.6. The van der Waals surface area contributed by atoms with Gasteiger partial charge < -0.3 is 0 Å². The molecule has 1 aliphatic carbocycles. The largest absolute Gasteiger partial charge is 0.0871 e. The van der Waals surface area contributed by atoms with Gasteiger partial charge >= 0.3 is 0 Å². The van der Waals surface area contributed by atoms with Gasteiger partial charge in [0, 0.05) is 0 Å². The minimum absolute atomic E-state index is 0.971. The molecular formula is C44H36. The van der Waals surface area contributed by atoms with Crippen LogP contribution in [0.15, 0.2) is 168 Å². The third kappa shape index (κ3) is 5.36. The van der Waals surface area contributed by atoms with Crippen LogP contribution in [0.5, 0.6) is 0 Å². The van der Waals surface area contributed by atoms with Crippen LogP contribution in [0.2, 0.25) is 0 Å². The lowest BCUT2D eigenvalue weighted by atomic mass is 9.89. The topological polar surface area (TPSA) is 0 Å². The van der Waals surface area contributed by atoms with E-state index < -0.39 is 0 Å². The summed E-state index contributed by atoms with van der Waals surface area (Å²) in [7, 11) is 0. The molecule has 0 amide bonds. The minimum Gasteiger partial charge on any atom is -0.0871 e. The Bertz CT molecular complexity index is 2210. The summed E-state index contributed by atoms with van der Waals surface area (Å²) >= 11 is 0. The van der Waals surface area contributed by atoms with E-state index in [-0.39, 0.29) is 0 Å². The van der Waals surface area contributed by atoms with Crippen LogP contribution in [0.4, 0.5) is 0 Å². The third-order valence-corrected chi connectivity index (χ3v) is 8.89. The lowest BCUT2D eigenvalue weighted by molar-refractivity contribution is 1.18. The Morgan fingerprint density at radius 2 is 1.00 bits per heavy atom. The molecule has 0 unspecified atom stereocenters. The zero-order valence-corrected chi connectivity index (χ0v) is 25.6. The van der Waals surface area contributed by atoms with Gasteiger partial charge in [-0.1, -0.05) is 121 Å². The molecule has 0 fully saturated rings. The van der Waals surface area contributed by atoms with Crippen molar-refractivity contribution in [2.75, 3.05) is 0 Å². The van der Waals surface area contributed by atoms with E-state index in [9.17, 15) is 0 Å². The second-order valence-electron chi connectivity index (χ2n) is 11.8. The van der Waals surface area contributed by atoms with E-state index in [0.29, 0.717) is 0 Å². The normalized spacial score (nSPS) is 18.5. The van der Waals surface area contributed by atoms with Gasteiger partial charge in [-0.2, -0.15) is 0 Å². The molecular weight excluding hydrogens is 528 g/mol. The molecule has 0 bridgehead atoms. The maximum Gasteiger partial charge on any atom is -0.0109 e. The zero-order chi connectivity index (χ0) is 30.0. The Morgan fingerprint density at radius 1 is 0.523 bits per heavy atom. The quantitative estimate of drug-likeness (QED) is 0.200. The summed E-state index contributed by atoms with van der Waals surface area (Å²) in [5.41, 5.74) is 11.4. The van der Waals surface area contributed by atoms with Crippen LogP contribution in [-0.2, 0) is 0 Å². The summed E-state index contributed by atoms with van der Waals surface area (Å²) in [6, 6.07) is 42.6. The van der Waals surface area contributed by atoms with Crippen LogP contribution in [0, 0.1) is 0 Å². The van der Waals surface area contributed by atoms with Gasteiger partial charge in [0.05, 0.1) is 0 Å². The van der Waals surface area contributed by atoms with E-state index in [1.807, 2.05) is 0 Å². The van der Waals surface area contributed by atoms with Gasteiger partial charge in [-0.25, -0.2) is 0 Å². The lowest BCUT2D eigenvalue weighted by Crippen LogP contribution is -1.94. The first kappa shape index (κ1) is 27.6. The van der Waals surface area contributed by atoms with Crippen LogP contribution in [0.25, 0.3) is 60.1 Å². The van der Waals surface area contributed by atoms with Crippen molar-refractivity contribution in [1.82, 2.24) is 0 Å². The Kier molecular flexibility index (Phi) is 7.42. The first-order valence-corrected chi connectivity index (χ1v) is 15.5. The minimum atomic E-state index is 0.971. The van der Waals surface area contributed by atoms with E-state index >= 15 is 0 Å². The Hall–Kier alpha value is -5.20. The fourth-order valence-corrected chi connectivity index (χ4v) is 6.37. The third-order valence-electron chi connectivity index (χ3n) is 8.89. The molecule has 0 atom stereocenters. The fraction of sp³-hybridized carbons (Fsp3) is 0.0909. The highest BCUT2D eigenvalue weighted by Gasteiger charge is 2.11. The Balaban J connectivity index is 1.25. The molecule has 6 aromatic carbocycles. The molecule has 0 aliphatic heterocycles. The van der Waals surface area contributed by atoms with Crippen molar-refractivity contribution < 1.29 is 0 Å². The second-order valence-corrected chi connectivity index (χ2v) is 11.8. The molecule has 0 saturated heterocycles. The van der Waals surface area contributed by atoms with Gasteiger partial charge in [-0.15, -0.1) is 0 Å². The predicted molar refractivity (Wildman–Crippen MR) is 193 cm³/mol. The van der Waals surface area contributed by atoms with Gasteiger partial charge in [-0.3, -0.25) is 0 Å². The van der Waals surface area contributed by atoms with Crippen molar-refractivity contribution in [3.05, 3.63) is 174 Å². The highest BCUT2D eigenvalue weighted by molar-refractivity contribution is 5.96. The summed E-state index contributed by atoms with van der Waals surface area (Å²) in [6.45, 7) is 6.45. The van der Waals surface area contributed by atoms with Crippen LogP contribution in [0.1, 0.15) is 32.8 Å². The number of fused-ring (bicyclic) bond motifs is 3. The highest BCUT2D eigenvalue weighted by atomic mass is 14.2. The van der Waals surface area contributed by atoms with Gasteiger partial charge in [0.25, 0.3) is 0 Å². The van der Waals surface area contributed by atoms with E-state index in [1.54, 1.807) is 0 Å². The van der Waals surface area contributed by atoms with Gasteiger partial charge in [-0.05, 0) is 140 Å². The molecule has 7 rings (SSSR count). The van der Waals surface area contributed by atoms with Crippen LogP contribution < -0.4 is 0 Å². The molecule has 0 saturated carbocycles. The summed E-state index contributed by atoms with van der Waals surface area (Å²) in [5, 5.41) is 7.56. The average Bonchev–Trinajstić information content (AvgIpc) is 3.07. The van der Waals surface area contributed by atoms with Crippen molar-refractivity contribution >= 4 is 37.9 Å². The van der Waals surface area contributed by atoms with Crippen molar-refractivity contribution in [3.63, 3.8) is 0 Å². The maximum atomic E-state index is 2.36. The summed E-state index contributed by atoms with van der Waals surface area (Å²) in [6.07, 6.45) is 14.5. The van der Waals surface area contributed by atoms with Crippen LogP contribution in [0.3, 0.4) is 0 Å². The van der Waals surface area contributed by atoms with E-state index in [4.69, 9.17) is 0 Å². The molecule has 6 aromatic rings. The Morgan fingerprint density at radius 3 is 1.59 bits per heavy atom. The molecule has 0 N–H and O–H groups in total. The SMILES string of the molecule is C\C=C/C1=C(\C)C\C=C/C(=C\C)C(/c2ccc3ccc(-c4ccc5cc(-c6ccc7ccccc7c6)ccc5c4)cc3c2)=C\1. The monoisotopic (exact) mass is 564 g/mol. The number of benzene rings is 6. The van der Waals surface area contributed by atoms with Gasteiger partial charge in [0.15, 0.2) is 0 Å². The number of allylic oxidation sites excluding steroid dienone is 10. The molecule has 0 heteroatoms. The molecule has 0 radical (unpaired) electrons. The molecule has 1 aliphatic rings. The number of rotatable bonds is 4. The van der Waals surface area contributed by atoms with E-state index in [2.05, 4.69) is 172 Å². The Labute approximate surface area is 260 Å². The number of hydrogen-bond donors (Lipinski definition) is 0. The highest BCUT2D eigenvalue weighted by Crippen LogP contribution is 2.34. The second kappa shape index (κ2) is 11.8. The molecule has 0 spiro atoms. The van der Waals surface area contributed by atoms with Gasteiger partial charge in [0.1, 0.15) is 0 Å². The van der Waals surface area contributed by atoms with E-state index in [1.165, 1.54) is 82.4 Å². The smallest absolute Gasteiger partial charge is 0.0109 e. The first-order valence-electron chi connectivity index (χ1n) is 15.5. The molecule has 0 nitrogen and oxygen atoms in total. The predicted octanol–water partition coefficient (Wildman–Crippen LogP) is 12.7. The molecule has 0 heterocycles. The molecule has 0 aromatic heterocycles. The number of hydrogen-bond acceptors (Lipinski definition) is 0. The van der Waals surface area contributed by atoms with Crippen LogP contribution >= 0.6 is 0 Å². The van der Waals surface area contributed by atoms with Crippen molar-refractivity contribution in [3.8, 4) is 22.3 Å². The molecule has 212 valence electrons. The maximum absolute atomic E-state index is 2.36. The van der Waals surface area contributed by atoms with Crippen LogP contribution in [-0.4, -0.2) is 0 Å². The fourth-order valence-electron chi connectivity index (χ4n) is 6.37. The average molecular weight is 565 g/mol. The molecule has 44 heavy (non-hydrogen) atoms. The summed E-state index contributed by atoms with van der Waals surface area (Å²) in [4.78, 5) is 0. The standard InChI is InChI=1S/C44H36/c1-4-9-34-29-44(31(5-2)13-8-10-30(34)3)42-23-16-33-15-18-41(27-43(33)28-42)40-22-21-38-25-37(19-20-39(38)26-40)36-17-14-32-11-6-7-12-35(32)24-36/h4-9,11-29H,10H2,1-3H3/b9-4-,13-8-,31-5+,34-30-,44-29+. The summed E-state index contributed by atoms with van der Waals surface area (Å²) < 4.78 is 0. The van der Waals surface area contributed by atoms with Crippen molar-refractivity contribution in [2.45, 2.75) is 27.2 Å². The zero-order valence-electron chi connectivity index (χ0n) is 25.6. The van der Waals surface area contributed by atoms with Crippen molar-refractivity contribution in [2.24, 2.45) is 0 Å². The van der Waals surface area contributed by atoms with Crippen molar-refractivity contribution in [1.29, 1.82) is 0 Å². The summed E-state index contributed by atoms with van der Waals surface area (Å²) in [5.74, 6) is 0. The van der Waals surface area contributed by atoms with Gasteiger partial charge in [0.2, 0.25) is 0 Å².